The van der Waals surface area contributed by atoms with Crippen molar-refractivity contribution in [2.24, 2.45) is 0 Å². The predicted molar refractivity (Wildman–Crippen MR) is 140 cm³/mol. The number of anilines is 2. The summed E-state index contributed by atoms with van der Waals surface area (Å²) in [7, 11) is -0.883. The van der Waals surface area contributed by atoms with Crippen molar-refractivity contribution < 1.29 is 22.7 Å². The summed E-state index contributed by atoms with van der Waals surface area (Å²) >= 11 is 3.86. The minimum atomic E-state index is -3.85. The van der Waals surface area contributed by atoms with Gasteiger partial charge in [-0.3, -0.25) is 9.52 Å². The fourth-order valence-electron chi connectivity index (χ4n) is 2.82. The SMILES string of the molecule is COc1ccc(NS(=O)(=O)c2ccc(NC(=O)CCSc3ccc(I)cc3)cc2)c(OC)c1. The Morgan fingerprint density at radius 1 is 0.970 bits per heavy atom. The van der Waals surface area contributed by atoms with Gasteiger partial charge < -0.3 is 14.8 Å². The minimum Gasteiger partial charge on any atom is -0.497 e. The van der Waals surface area contributed by atoms with E-state index in [0.29, 0.717) is 35.0 Å². The van der Waals surface area contributed by atoms with E-state index in [1.807, 2.05) is 24.3 Å². The lowest BCUT2D eigenvalue weighted by Gasteiger charge is -2.13. The van der Waals surface area contributed by atoms with E-state index in [9.17, 15) is 13.2 Å². The summed E-state index contributed by atoms with van der Waals surface area (Å²) in [5, 5.41) is 2.79. The van der Waals surface area contributed by atoms with E-state index in [1.54, 1.807) is 42.1 Å². The molecule has 0 spiro atoms. The quantitative estimate of drug-likeness (QED) is 0.245. The Morgan fingerprint density at radius 2 is 1.67 bits per heavy atom. The van der Waals surface area contributed by atoms with Crippen LogP contribution in [-0.2, 0) is 14.8 Å². The second kappa shape index (κ2) is 11.6. The van der Waals surface area contributed by atoms with E-state index in [-0.39, 0.29) is 10.8 Å². The summed E-state index contributed by atoms with van der Waals surface area (Å²) in [4.78, 5) is 13.4. The lowest BCUT2D eigenvalue weighted by molar-refractivity contribution is -0.115. The van der Waals surface area contributed by atoms with Crippen molar-refractivity contribution in [2.75, 3.05) is 30.0 Å². The molecular formula is C23H23IN2O5S2. The molecule has 0 bridgehead atoms. The van der Waals surface area contributed by atoms with Crippen LogP contribution in [0.1, 0.15) is 6.42 Å². The maximum absolute atomic E-state index is 12.8. The first-order chi connectivity index (χ1) is 15.8. The zero-order valence-corrected chi connectivity index (χ0v) is 21.8. The molecular weight excluding hydrogens is 575 g/mol. The van der Waals surface area contributed by atoms with Crippen LogP contribution in [0.2, 0.25) is 0 Å². The Morgan fingerprint density at radius 3 is 2.30 bits per heavy atom. The van der Waals surface area contributed by atoms with Gasteiger partial charge in [-0.25, -0.2) is 8.42 Å². The summed E-state index contributed by atoms with van der Waals surface area (Å²) < 4.78 is 39.6. The summed E-state index contributed by atoms with van der Waals surface area (Å²) in [6.45, 7) is 0. The predicted octanol–water partition coefficient (Wildman–Crippen LogP) is 5.23. The molecule has 0 aliphatic rings. The van der Waals surface area contributed by atoms with E-state index in [1.165, 1.54) is 29.9 Å². The van der Waals surface area contributed by atoms with Gasteiger partial charge in [-0.05, 0) is 83.3 Å². The van der Waals surface area contributed by atoms with Crippen molar-refractivity contribution in [3.05, 3.63) is 70.3 Å². The fourth-order valence-corrected chi connectivity index (χ4v) is 5.10. The first-order valence-electron chi connectivity index (χ1n) is 9.84. The second-order valence-electron chi connectivity index (χ2n) is 6.80. The van der Waals surface area contributed by atoms with E-state index in [0.717, 1.165) is 4.90 Å². The van der Waals surface area contributed by atoms with Crippen molar-refractivity contribution >= 4 is 61.7 Å². The van der Waals surface area contributed by atoms with Gasteiger partial charge in [-0.2, -0.15) is 0 Å². The van der Waals surface area contributed by atoms with Crippen LogP contribution in [0, 0.1) is 3.57 Å². The second-order valence-corrected chi connectivity index (χ2v) is 10.9. The monoisotopic (exact) mass is 598 g/mol. The molecule has 2 N–H and O–H groups in total. The fraction of sp³-hybridized carbons (Fsp3) is 0.174. The van der Waals surface area contributed by atoms with E-state index in [2.05, 4.69) is 32.6 Å². The maximum Gasteiger partial charge on any atom is 0.262 e. The van der Waals surface area contributed by atoms with Gasteiger partial charge in [0.05, 0.1) is 24.8 Å². The van der Waals surface area contributed by atoms with Gasteiger partial charge >= 0.3 is 0 Å². The standard InChI is InChI=1S/C23H23IN2O5S2/c1-30-18-7-12-21(22(15-18)31-2)26-33(28,29)20-10-5-17(6-11-20)25-23(27)13-14-32-19-8-3-16(24)4-9-19/h3-12,15,26H,13-14H2,1-2H3,(H,25,27). The third-order valence-corrected chi connectivity index (χ3v) is 7.63. The molecule has 0 saturated carbocycles. The lowest BCUT2D eigenvalue weighted by Crippen LogP contribution is -2.15. The smallest absolute Gasteiger partial charge is 0.262 e. The highest BCUT2D eigenvalue weighted by molar-refractivity contribution is 14.1. The molecule has 0 atom stereocenters. The van der Waals surface area contributed by atoms with Gasteiger partial charge in [-0.15, -0.1) is 11.8 Å². The van der Waals surface area contributed by atoms with Crippen LogP contribution in [0.5, 0.6) is 11.5 Å². The molecule has 10 heteroatoms. The van der Waals surface area contributed by atoms with Crippen molar-refractivity contribution in [1.82, 2.24) is 0 Å². The molecule has 33 heavy (non-hydrogen) atoms. The number of sulfonamides is 1. The zero-order valence-electron chi connectivity index (χ0n) is 18.0. The van der Waals surface area contributed by atoms with E-state index in [4.69, 9.17) is 9.47 Å². The largest absolute Gasteiger partial charge is 0.497 e. The zero-order chi connectivity index (χ0) is 23.8. The molecule has 0 aliphatic heterocycles. The van der Waals surface area contributed by atoms with E-state index < -0.39 is 10.0 Å². The Labute approximate surface area is 211 Å². The number of carbonyl (C=O) groups excluding carboxylic acids is 1. The molecule has 0 radical (unpaired) electrons. The number of nitrogens with one attached hydrogen (secondary N) is 2. The van der Waals surface area contributed by atoms with Crippen LogP contribution in [0.25, 0.3) is 0 Å². The number of carbonyl (C=O) groups is 1. The number of rotatable bonds is 10. The summed E-state index contributed by atoms with van der Waals surface area (Å²) in [5.74, 6) is 1.40. The normalized spacial score (nSPS) is 11.0. The van der Waals surface area contributed by atoms with Crippen LogP contribution in [-0.4, -0.2) is 34.3 Å². The van der Waals surface area contributed by atoms with Gasteiger partial charge in [0.25, 0.3) is 10.0 Å². The van der Waals surface area contributed by atoms with Crippen molar-refractivity contribution in [3.8, 4) is 11.5 Å². The number of methoxy groups -OCH3 is 2. The van der Waals surface area contributed by atoms with Gasteiger partial charge in [0.2, 0.25) is 5.91 Å². The summed E-state index contributed by atoms with van der Waals surface area (Å²) in [5.41, 5.74) is 0.821. The van der Waals surface area contributed by atoms with Gasteiger partial charge in [0.15, 0.2) is 0 Å². The third kappa shape index (κ3) is 7.27. The van der Waals surface area contributed by atoms with Crippen LogP contribution < -0.4 is 19.5 Å². The van der Waals surface area contributed by atoms with Gasteiger partial charge in [0.1, 0.15) is 11.5 Å². The molecule has 3 rings (SSSR count). The first kappa shape index (κ1) is 25.2. The Bertz CT molecular complexity index is 1200. The Kier molecular flexibility index (Phi) is 8.87. The highest BCUT2D eigenvalue weighted by Crippen LogP contribution is 2.31. The van der Waals surface area contributed by atoms with Crippen molar-refractivity contribution in [3.63, 3.8) is 0 Å². The summed E-state index contributed by atoms with van der Waals surface area (Å²) in [6, 6.07) is 18.9. The average molecular weight is 598 g/mol. The molecule has 7 nitrogen and oxygen atoms in total. The van der Waals surface area contributed by atoms with Gasteiger partial charge in [0, 0.05) is 32.4 Å². The van der Waals surface area contributed by atoms with Crippen molar-refractivity contribution in [1.29, 1.82) is 0 Å². The minimum absolute atomic E-state index is 0.0626. The summed E-state index contributed by atoms with van der Waals surface area (Å²) in [6.07, 6.45) is 0.343. The average Bonchev–Trinajstić information content (AvgIpc) is 2.81. The molecule has 1 amide bonds. The molecule has 0 fully saturated rings. The molecule has 0 saturated heterocycles. The van der Waals surface area contributed by atoms with Crippen LogP contribution in [0.4, 0.5) is 11.4 Å². The Hall–Kier alpha value is -2.44. The highest BCUT2D eigenvalue weighted by atomic mass is 127. The van der Waals surface area contributed by atoms with Crippen molar-refractivity contribution in [2.45, 2.75) is 16.2 Å². The van der Waals surface area contributed by atoms with Gasteiger partial charge in [-0.1, -0.05) is 0 Å². The topological polar surface area (TPSA) is 93.7 Å². The highest BCUT2D eigenvalue weighted by Gasteiger charge is 2.17. The number of ether oxygens (including phenoxy) is 2. The lowest BCUT2D eigenvalue weighted by atomic mass is 10.3. The molecule has 174 valence electrons. The molecule has 3 aromatic carbocycles. The molecule has 0 unspecified atom stereocenters. The van der Waals surface area contributed by atoms with Crippen LogP contribution in [0.3, 0.4) is 0 Å². The maximum atomic E-state index is 12.8. The molecule has 3 aromatic rings. The van der Waals surface area contributed by atoms with E-state index >= 15 is 0 Å². The number of hydrogen-bond acceptors (Lipinski definition) is 6. The molecule has 0 aliphatic carbocycles. The number of hydrogen-bond donors (Lipinski definition) is 2. The number of halogens is 1. The Balaban J connectivity index is 1.57. The first-order valence-corrected chi connectivity index (χ1v) is 13.4. The number of thioether (sulfide) groups is 1. The molecule has 0 heterocycles. The third-order valence-electron chi connectivity index (χ3n) is 4.51. The number of amides is 1. The molecule has 0 aromatic heterocycles. The van der Waals surface area contributed by atoms with Crippen LogP contribution in [0.15, 0.2) is 76.5 Å². The number of benzene rings is 3. The van der Waals surface area contributed by atoms with Crippen LogP contribution >= 0.6 is 34.4 Å².